The maximum Gasteiger partial charge on any atom is 0.406 e. The number of likely N-dealkylation sites (N-methyl/N-ethyl adjacent to an activating group) is 1. The molecular weight excluding hydrogens is 468 g/mol. The summed E-state index contributed by atoms with van der Waals surface area (Å²) in [5.41, 5.74) is 0. The van der Waals surface area contributed by atoms with Gasteiger partial charge in [-0.15, -0.1) is 24.0 Å². The van der Waals surface area contributed by atoms with Gasteiger partial charge in [-0.1, -0.05) is 0 Å². The van der Waals surface area contributed by atoms with Crippen molar-refractivity contribution in [1.29, 1.82) is 0 Å². The van der Waals surface area contributed by atoms with E-state index in [4.69, 9.17) is 4.74 Å². The van der Waals surface area contributed by atoms with E-state index in [1.807, 2.05) is 4.90 Å². The summed E-state index contributed by atoms with van der Waals surface area (Å²) < 4.78 is 42.0. The molecule has 1 aliphatic rings. The normalized spacial score (nSPS) is 18.0. The number of nitrogens with zero attached hydrogens (tertiary/aromatic N) is 3. The van der Waals surface area contributed by atoms with Crippen LogP contribution in [0.5, 0.6) is 0 Å². The molecule has 0 aromatic heterocycles. The second-order valence-corrected chi connectivity index (χ2v) is 5.80. The first kappa shape index (κ1) is 24.7. The average Bonchev–Trinajstić information content (AvgIpc) is 2.54. The Kier molecular flexibility index (Phi) is 10.9. The molecule has 0 radical (unpaired) electrons. The van der Waals surface area contributed by atoms with Crippen LogP contribution in [0.2, 0.25) is 0 Å². The molecule has 0 aromatic rings. The van der Waals surface area contributed by atoms with Gasteiger partial charge in [0.25, 0.3) is 0 Å². The molecule has 1 aliphatic heterocycles. The van der Waals surface area contributed by atoms with Crippen LogP contribution in [-0.4, -0.2) is 80.7 Å². The minimum absolute atomic E-state index is 0. The predicted octanol–water partition coefficient (Wildman–Crippen LogP) is 1.48. The molecule has 1 N–H and O–H groups in total. The van der Waals surface area contributed by atoms with Crippen LogP contribution in [0.15, 0.2) is 4.99 Å². The van der Waals surface area contributed by atoms with Gasteiger partial charge in [-0.25, -0.2) is 0 Å². The Morgan fingerprint density at radius 1 is 1.38 bits per heavy atom. The van der Waals surface area contributed by atoms with Crippen molar-refractivity contribution in [1.82, 2.24) is 15.1 Å². The molecule has 7 nitrogen and oxygen atoms in total. The number of piperidine rings is 1. The number of hydrogen-bond acceptors (Lipinski definition) is 4. The van der Waals surface area contributed by atoms with E-state index in [1.165, 1.54) is 7.05 Å². The molecule has 0 bridgehead atoms. The van der Waals surface area contributed by atoms with Crippen molar-refractivity contribution in [3.63, 3.8) is 0 Å². The number of amides is 1. The van der Waals surface area contributed by atoms with E-state index in [0.29, 0.717) is 37.0 Å². The van der Waals surface area contributed by atoms with Gasteiger partial charge in [-0.2, -0.15) is 13.2 Å². The van der Waals surface area contributed by atoms with E-state index in [1.54, 1.807) is 6.92 Å². The highest BCUT2D eigenvalue weighted by Crippen LogP contribution is 2.18. The van der Waals surface area contributed by atoms with Crippen molar-refractivity contribution in [2.75, 3.05) is 46.9 Å². The fourth-order valence-electron chi connectivity index (χ4n) is 2.60. The van der Waals surface area contributed by atoms with Crippen molar-refractivity contribution in [2.24, 2.45) is 10.9 Å². The molecule has 1 atom stereocenters. The van der Waals surface area contributed by atoms with Gasteiger partial charge in [0.1, 0.15) is 6.54 Å². The van der Waals surface area contributed by atoms with Gasteiger partial charge in [0.2, 0.25) is 5.91 Å². The van der Waals surface area contributed by atoms with E-state index >= 15 is 0 Å². The Labute approximate surface area is 168 Å². The minimum atomic E-state index is -4.44. The molecule has 1 rings (SSSR count). The Bertz CT molecular complexity index is 503. The number of carbonyl (C=O) groups is 2. The number of ether oxygens (including phenoxy) is 1. The van der Waals surface area contributed by atoms with Gasteiger partial charge in [-0.05, 0) is 19.8 Å². The van der Waals surface area contributed by atoms with Crippen molar-refractivity contribution in [3.05, 3.63) is 0 Å². The first-order valence-electron chi connectivity index (χ1n) is 8.10. The van der Waals surface area contributed by atoms with Gasteiger partial charge in [-0.3, -0.25) is 14.6 Å². The molecule has 0 aliphatic carbocycles. The summed E-state index contributed by atoms with van der Waals surface area (Å²) >= 11 is 0. The first-order valence-corrected chi connectivity index (χ1v) is 8.10. The third kappa shape index (κ3) is 8.41. The van der Waals surface area contributed by atoms with Crippen LogP contribution < -0.4 is 5.32 Å². The quantitative estimate of drug-likeness (QED) is 0.271. The predicted molar refractivity (Wildman–Crippen MR) is 101 cm³/mol. The molecule has 152 valence electrons. The summed E-state index contributed by atoms with van der Waals surface area (Å²) in [4.78, 5) is 30.1. The van der Waals surface area contributed by atoms with Gasteiger partial charge in [0.05, 0.1) is 19.1 Å². The first-order chi connectivity index (χ1) is 11.7. The summed E-state index contributed by atoms with van der Waals surface area (Å²) in [6.45, 7) is 1.47. The molecule has 1 saturated heterocycles. The number of aliphatic imine (C=N–C) groups is 1. The fourth-order valence-corrected chi connectivity index (χ4v) is 2.60. The number of likely N-dealkylation sites (tertiary alicyclic amines) is 1. The zero-order chi connectivity index (χ0) is 19.0. The Hall–Kier alpha value is -1.27. The van der Waals surface area contributed by atoms with E-state index in [-0.39, 0.29) is 42.4 Å². The van der Waals surface area contributed by atoms with E-state index in [0.717, 1.165) is 13.5 Å². The number of guanidine groups is 1. The standard InChI is InChI=1S/C15H25F3N4O3.HI/c1-4-25-13(24)11-6-5-7-22(9-11)14(19-2)20-8-12(23)21(3)10-15(16,17)18;/h11H,4-10H2,1-3H3,(H,19,20);1H. The van der Waals surface area contributed by atoms with E-state index < -0.39 is 18.6 Å². The smallest absolute Gasteiger partial charge is 0.406 e. The molecule has 1 heterocycles. The number of alkyl halides is 3. The Balaban J connectivity index is 0.00000625. The number of esters is 1. The number of nitrogens with one attached hydrogen (secondary N) is 1. The highest BCUT2D eigenvalue weighted by Gasteiger charge is 2.32. The molecule has 11 heteroatoms. The van der Waals surface area contributed by atoms with Crippen molar-refractivity contribution >= 4 is 41.8 Å². The molecule has 0 spiro atoms. The molecule has 0 saturated carbocycles. The number of halogens is 4. The highest BCUT2D eigenvalue weighted by molar-refractivity contribution is 14.0. The molecule has 1 fully saturated rings. The zero-order valence-corrected chi connectivity index (χ0v) is 17.5. The molecule has 26 heavy (non-hydrogen) atoms. The summed E-state index contributed by atoms with van der Waals surface area (Å²) in [6, 6.07) is 0. The molecule has 0 aromatic carbocycles. The lowest BCUT2D eigenvalue weighted by Gasteiger charge is -2.34. The van der Waals surface area contributed by atoms with Crippen LogP contribution in [0.1, 0.15) is 19.8 Å². The van der Waals surface area contributed by atoms with Gasteiger partial charge < -0.3 is 19.9 Å². The van der Waals surface area contributed by atoms with Crippen LogP contribution in [0.25, 0.3) is 0 Å². The van der Waals surface area contributed by atoms with Crippen molar-refractivity contribution in [3.8, 4) is 0 Å². The van der Waals surface area contributed by atoms with Crippen molar-refractivity contribution in [2.45, 2.75) is 25.9 Å². The number of carbonyl (C=O) groups excluding carboxylic acids is 2. The lowest BCUT2D eigenvalue weighted by atomic mass is 9.98. The molecule has 1 unspecified atom stereocenters. The van der Waals surface area contributed by atoms with Crippen LogP contribution in [0.4, 0.5) is 13.2 Å². The lowest BCUT2D eigenvalue weighted by Crippen LogP contribution is -2.50. The topological polar surface area (TPSA) is 74.2 Å². The van der Waals surface area contributed by atoms with Gasteiger partial charge in [0, 0.05) is 27.2 Å². The Morgan fingerprint density at radius 3 is 2.58 bits per heavy atom. The number of rotatable bonds is 5. The second-order valence-electron chi connectivity index (χ2n) is 5.80. The second kappa shape index (κ2) is 11.4. The molecular formula is C15H26F3IN4O3. The third-order valence-corrected chi connectivity index (χ3v) is 3.79. The van der Waals surface area contributed by atoms with E-state index in [9.17, 15) is 22.8 Å². The van der Waals surface area contributed by atoms with Crippen LogP contribution in [-0.2, 0) is 14.3 Å². The van der Waals surface area contributed by atoms with Crippen LogP contribution >= 0.6 is 24.0 Å². The number of hydrogen-bond donors (Lipinski definition) is 1. The maximum absolute atomic E-state index is 12.3. The van der Waals surface area contributed by atoms with Crippen molar-refractivity contribution < 1.29 is 27.5 Å². The molecule has 1 amide bonds. The highest BCUT2D eigenvalue weighted by atomic mass is 127. The summed E-state index contributed by atoms with van der Waals surface area (Å²) in [7, 11) is 2.61. The van der Waals surface area contributed by atoms with Gasteiger partial charge >= 0.3 is 12.1 Å². The third-order valence-electron chi connectivity index (χ3n) is 3.79. The lowest BCUT2D eigenvalue weighted by molar-refractivity contribution is -0.157. The largest absolute Gasteiger partial charge is 0.466 e. The summed E-state index contributed by atoms with van der Waals surface area (Å²) in [6.07, 6.45) is -2.97. The SMILES string of the molecule is CCOC(=O)C1CCCN(C(=NC)NCC(=O)N(C)CC(F)(F)F)C1.I. The maximum atomic E-state index is 12.3. The zero-order valence-electron chi connectivity index (χ0n) is 15.1. The van der Waals surface area contributed by atoms with E-state index in [2.05, 4.69) is 10.3 Å². The fraction of sp³-hybridized carbons (Fsp3) is 0.800. The average molecular weight is 494 g/mol. The van der Waals surface area contributed by atoms with Gasteiger partial charge in [0.15, 0.2) is 5.96 Å². The van der Waals surface area contributed by atoms with Crippen LogP contribution in [0.3, 0.4) is 0 Å². The Morgan fingerprint density at radius 2 is 2.04 bits per heavy atom. The summed E-state index contributed by atoms with van der Waals surface area (Å²) in [5, 5.41) is 2.76. The minimum Gasteiger partial charge on any atom is -0.466 e. The summed E-state index contributed by atoms with van der Waals surface area (Å²) in [5.74, 6) is -0.875. The monoisotopic (exact) mass is 494 g/mol. The van der Waals surface area contributed by atoms with Crippen LogP contribution in [0, 0.1) is 5.92 Å².